The third-order valence-corrected chi connectivity index (χ3v) is 4.04. The van der Waals surface area contributed by atoms with Crippen LogP contribution in [0, 0.1) is 11.8 Å². The van der Waals surface area contributed by atoms with E-state index in [4.69, 9.17) is 4.98 Å². The Balaban J connectivity index is 1.80. The number of nitrogens with one attached hydrogen (secondary N) is 1. The normalized spacial score (nSPS) is 31.6. The van der Waals surface area contributed by atoms with Gasteiger partial charge in [-0.15, -0.1) is 0 Å². The Bertz CT molecular complexity index is 534. The van der Waals surface area contributed by atoms with Crippen LogP contribution >= 0.6 is 0 Å². The molecule has 0 amide bonds. The van der Waals surface area contributed by atoms with E-state index < -0.39 is 0 Å². The van der Waals surface area contributed by atoms with Gasteiger partial charge in [0.2, 0.25) is 0 Å². The van der Waals surface area contributed by atoms with Gasteiger partial charge in [-0.1, -0.05) is 24.3 Å². The van der Waals surface area contributed by atoms with Gasteiger partial charge in [0.1, 0.15) is 5.82 Å². The molecule has 1 N–H and O–H groups in total. The van der Waals surface area contributed by atoms with Crippen LogP contribution in [0.2, 0.25) is 0 Å². The van der Waals surface area contributed by atoms with Crippen LogP contribution in [0.25, 0.3) is 11.0 Å². The first-order chi connectivity index (χ1) is 7.90. The standard InChI is InChI=1S/C14H14N2/c1-2-4-13-12(3-1)15-14(16-13)11-8-9-5-6-10(11)7-9/h1-6,9-11H,7-8H2,(H,15,16)/t9-,10-,11-/m0/s1. The zero-order valence-electron chi connectivity index (χ0n) is 9.06. The Kier molecular flexibility index (Phi) is 1.59. The van der Waals surface area contributed by atoms with Crippen molar-refractivity contribution in [2.24, 2.45) is 11.8 Å². The molecule has 0 unspecified atom stereocenters. The first-order valence-electron chi connectivity index (χ1n) is 6.03. The number of nitrogens with zero attached hydrogens (tertiary/aromatic N) is 1. The van der Waals surface area contributed by atoms with Crippen molar-refractivity contribution < 1.29 is 0 Å². The summed E-state index contributed by atoms with van der Waals surface area (Å²) in [6, 6.07) is 8.30. The van der Waals surface area contributed by atoms with E-state index in [9.17, 15) is 0 Å². The second-order valence-electron chi connectivity index (χ2n) is 5.03. The number of rotatable bonds is 1. The molecule has 4 rings (SSSR count). The van der Waals surface area contributed by atoms with Gasteiger partial charge in [0.05, 0.1) is 11.0 Å². The lowest BCUT2D eigenvalue weighted by Gasteiger charge is -2.14. The van der Waals surface area contributed by atoms with E-state index in [2.05, 4.69) is 35.3 Å². The van der Waals surface area contributed by atoms with Crippen molar-refractivity contribution in [3.8, 4) is 0 Å². The minimum absolute atomic E-state index is 0.627. The molecule has 1 saturated carbocycles. The molecule has 2 bridgehead atoms. The molecule has 2 aliphatic rings. The Morgan fingerprint density at radius 2 is 2.06 bits per heavy atom. The van der Waals surface area contributed by atoms with Gasteiger partial charge in [-0.3, -0.25) is 0 Å². The first kappa shape index (κ1) is 8.57. The third-order valence-electron chi connectivity index (χ3n) is 4.04. The summed E-state index contributed by atoms with van der Waals surface area (Å²) < 4.78 is 0. The van der Waals surface area contributed by atoms with Crippen LogP contribution in [0.5, 0.6) is 0 Å². The molecule has 0 spiro atoms. The van der Waals surface area contributed by atoms with Gasteiger partial charge < -0.3 is 4.98 Å². The van der Waals surface area contributed by atoms with Crippen molar-refractivity contribution in [2.45, 2.75) is 18.8 Å². The lowest BCUT2D eigenvalue weighted by molar-refractivity contribution is 0.559. The van der Waals surface area contributed by atoms with Crippen molar-refractivity contribution in [2.75, 3.05) is 0 Å². The fourth-order valence-electron chi connectivity index (χ4n) is 3.24. The quantitative estimate of drug-likeness (QED) is 0.719. The molecule has 1 aromatic heterocycles. The number of imidazole rings is 1. The van der Waals surface area contributed by atoms with E-state index in [-0.39, 0.29) is 0 Å². The van der Waals surface area contributed by atoms with E-state index in [1.54, 1.807) is 0 Å². The molecule has 2 aliphatic carbocycles. The second-order valence-corrected chi connectivity index (χ2v) is 5.03. The van der Waals surface area contributed by atoms with Crippen molar-refractivity contribution in [3.63, 3.8) is 0 Å². The highest BCUT2D eigenvalue weighted by Gasteiger charge is 2.37. The highest BCUT2D eigenvalue weighted by molar-refractivity contribution is 5.74. The Hall–Kier alpha value is -1.57. The monoisotopic (exact) mass is 210 g/mol. The average molecular weight is 210 g/mol. The van der Waals surface area contributed by atoms with E-state index >= 15 is 0 Å². The minimum Gasteiger partial charge on any atom is -0.342 e. The summed E-state index contributed by atoms with van der Waals surface area (Å²) in [7, 11) is 0. The van der Waals surface area contributed by atoms with Gasteiger partial charge >= 0.3 is 0 Å². The molecular weight excluding hydrogens is 196 g/mol. The predicted octanol–water partition coefficient (Wildman–Crippen LogP) is 3.24. The number of aromatic amines is 1. The summed E-state index contributed by atoms with van der Waals surface area (Å²) in [5, 5.41) is 0. The number of aromatic nitrogens is 2. The Morgan fingerprint density at radius 1 is 1.12 bits per heavy atom. The van der Waals surface area contributed by atoms with Crippen molar-refractivity contribution in [1.29, 1.82) is 0 Å². The van der Waals surface area contributed by atoms with E-state index in [0.29, 0.717) is 5.92 Å². The lowest BCUT2D eigenvalue weighted by Crippen LogP contribution is -2.06. The largest absolute Gasteiger partial charge is 0.342 e. The van der Waals surface area contributed by atoms with Crippen LogP contribution in [0.3, 0.4) is 0 Å². The number of benzene rings is 1. The third kappa shape index (κ3) is 1.10. The second kappa shape index (κ2) is 2.97. The molecule has 3 atom stereocenters. The molecular formula is C14H14N2. The average Bonchev–Trinajstić information content (AvgIpc) is 3.02. The molecule has 1 heterocycles. The fourth-order valence-corrected chi connectivity index (χ4v) is 3.24. The molecule has 0 radical (unpaired) electrons. The van der Waals surface area contributed by atoms with E-state index in [1.807, 2.05) is 6.07 Å². The van der Waals surface area contributed by atoms with Crippen molar-refractivity contribution in [1.82, 2.24) is 9.97 Å². The van der Waals surface area contributed by atoms with Crippen LogP contribution in [-0.2, 0) is 0 Å². The van der Waals surface area contributed by atoms with Crippen LogP contribution in [0.1, 0.15) is 24.6 Å². The number of fused-ring (bicyclic) bond motifs is 3. The Labute approximate surface area is 94.4 Å². The van der Waals surface area contributed by atoms with Gasteiger partial charge in [-0.25, -0.2) is 4.98 Å². The molecule has 1 fully saturated rings. The SMILES string of the molecule is C1=C[C@H]2C[C@H]1C[C@@H]2c1nc2ccccc2[nH]1. The maximum absolute atomic E-state index is 4.72. The van der Waals surface area contributed by atoms with Gasteiger partial charge in [0.25, 0.3) is 0 Å². The maximum atomic E-state index is 4.72. The van der Waals surface area contributed by atoms with Crippen molar-refractivity contribution >= 4 is 11.0 Å². The summed E-state index contributed by atoms with van der Waals surface area (Å²) >= 11 is 0. The fraction of sp³-hybridized carbons (Fsp3) is 0.357. The van der Waals surface area contributed by atoms with Crippen LogP contribution in [0.4, 0.5) is 0 Å². The van der Waals surface area contributed by atoms with Gasteiger partial charge in [-0.05, 0) is 36.8 Å². The number of hydrogen-bond donors (Lipinski definition) is 1. The van der Waals surface area contributed by atoms with Crippen LogP contribution < -0.4 is 0 Å². The molecule has 16 heavy (non-hydrogen) atoms. The summed E-state index contributed by atoms with van der Waals surface area (Å²) in [5.74, 6) is 3.36. The molecule has 2 nitrogen and oxygen atoms in total. The summed E-state index contributed by atoms with van der Waals surface area (Å²) in [6.07, 6.45) is 7.37. The zero-order chi connectivity index (χ0) is 10.5. The molecule has 0 saturated heterocycles. The van der Waals surface area contributed by atoms with Gasteiger partial charge in [0, 0.05) is 5.92 Å². The highest BCUT2D eigenvalue weighted by atomic mass is 14.9. The summed E-state index contributed by atoms with van der Waals surface area (Å²) in [6.45, 7) is 0. The highest BCUT2D eigenvalue weighted by Crippen LogP contribution is 2.48. The molecule has 1 aromatic carbocycles. The minimum atomic E-state index is 0.627. The lowest BCUT2D eigenvalue weighted by atomic mass is 9.93. The van der Waals surface area contributed by atoms with Gasteiger partial charge in [-0.2, -0.15) is 0 Å². The summed E-state index contributed by atoms with van der Waals surface area (Å²) in [5.41, 5.74) is 2.27. The zero-order valence-corrected chi connectivity index (χ0v) is 9.06. The van der Waals surface area contributed by atoms with E-state index in [1.165, 1.54) is 24.2 Å². The topological polar surface area (TPSA) is 28.7 Å². The molecule has 2 aromatic rings. The van der Waals surface area contributed by atoms with Crippen LogP contribution in [0.15, 0.2) is 36.4 Å². The maximum Gasteiger partial charge on any atom is 0.110 e. The number of hydrogen-bond acceptors (Lipinski definition) is 1. The molecule has 2 heteroatoms. The van der Waals surface area contributed by atoms with Crippen molar-refractivity contribution in [3.05, 3.63) is 42.2 Å². The predicted molar refractivity (Wildman–Crippen MR) is 64.2 cm³/mol. The van der Waals surface area contributed by atoms with Gasteiger partial charge in [0.15, 0.2) is 0 Å². The Morgan fingerprint density at radius 3 is 2.81 bits per heavy atom. The molecule has 80 valence electrons. The number of H-pyrrole nitrogens is 1. The summed E-state index contributed by atoms with van der Waals surface area (Å²) in [4.78, 5) is 8.20. The molecule has 0 aliphatic heterocycles. The number of allylic oxidation sites excluding steroid dienone is 2. The number of para-hydroxylation sites is 2. The van der Waals surface area contributed by atoms with E-state index in [0.717, 1.165) is 17.4 Å². The smallest absolute Gasteiger partial charge is 0.110 e. The first-order valence-corrected chi connectivity index (χ1v) is 6.03. The van der Waals surface area contributed by atoms with Crippen LogP contribution in [-0.4, -0.2) is 9.97 Å².